The van der Waals surface area contributed by atoms with Gasteiger partial charge in [-0.15, -0.1) is 0 Å². The molecular formula is C14H18O2. The standard InChI is InChI=1S/C14H18O2/c1-4-11(3)9-14(15)12-7-6-8-13(10-12)16-5-2/h6-8,10H,3-5,9H2,1-2H3. The van der Waals surface area contributed by atoms with Crippen LogP contribution >= 0.6 is 0 Å². The number of hydrogen-bond donors (Lipinski definition) is 0. The fraction of sp³-hybridized carbons (Fsp3) is 0.357. The minimum Gasteiger partial charge on any atom is -0.494 e. The Labute approximate surface area is 96.9 Å². The summed E-state index contributed by atoms with van der Waals surface area (Å²) in [4.78, 5) is 11.9. The summed E-state index contributed by atoms with van der Waals surface area (Å²) < 4.78 is 5.35. The molecule has 1 aromatic rings. The average Bonchev–Trinajstić information content (AvgIpc) is 2.29. The lowest BCUT2D eigenvalue weighted by molar-refractivity contribution is 0.0992. The van der Waals surface area contributed by atoms with Crippen LogP contribution in [0.1, 0.15) is 37.0 Å². The molecule has 16 heavy (non-hydrogen) atoms. The summed E-state index contributed by atoms with van der Waals surface area (Å²) >= 11 is 0. The lowest BCUT2D eigenvalue weighted by atomic mass is 10.0. The Morgan fingerprint density at radius 3 is 2.75 bits per heavy atom. The quantitative estimate of drug-likeness (QED) is 0.538. The molecule has 1 aromatic carbocycles. The van der Waals surface area contributed by atoms with Crippen LogP contribution in [-0.2, 0) is 0 Å². The first-order chi connectivity index (χ1) is 7.67. The monoisotopic (exact) mass is 218 g/mol. The second-order valence-corrected chi connectivity index (χ2v) is 3.66. The van der Waals surface area contributed by atoms with Crippen LogP contribution in [0.3, 0.4) is 0 Å². The van der Waals surface area contributed by atoms with Gasteiger partial charge in [0, 0.05) is 12.0 Å². The summed E-state index contributed by atoms with van der Waals surface area (Å²) in [7, 11) is 0. The first kappa shape index (κ1) is 12.5. The first-order valence-corrected chi connectivity index (χ1v) is 5.60. The number of carbonyl (C=O) groups is 1. The van der Waals surface area contributed by atoms with Crippen LogP contribution in [0.5, 0.6) is 5.75 Å². The molecular weight excluding hydrogens is 200 g/mol. The molecule has 0 aliphatic carbocycles. The van der Waals surface area contributed by atoms with Gasteiger partial charge in [0.15, 0.2) is 5.78 Å². The Bertz CT molecular complexity index is 380. The summed E-state index contributed by atoms with van der Waals surface area (Å²) in [6.07, 6.45) is 1.27. The van der Waals surface area contributed by atoms with Crippen LogP contribution in [-0.4, -0.2) is 12.4 Å². The van der Waals surface area contributed by atoms with Crippen LogP contribution in [0, 0.1) is 0 Å². The maximum Gasteiger partial charge on any atom is 0.167 e. The van der Waals surface area contributed by atoms with Crippen molar-refractivity contribution in [3.05, 3.63) is 42.0 Å². The number of Topliss-reactive ketones (excluding diaryl/α,β-unsaturated/α-hetero) is 1. The highest BCUT2D eigenvalue weighted by atomic mass is 16.5. The molecule has 2 nitrogen and oxygen atoms in total. The Morgan fingerprint density at radius 2 is 2.12 bits per heavy atom. The largest absolute Gasteiger partial charge is 0.494 e. The molecule has 0 heterocycles. The van der Waals surface area contributed by atoms with Crippen LogP contribution in [0.15, 0.2) is 36.4 Å². The normalized spacial score (nSPS) is 9.88. The van der Waals surface area contributed by atoms with Gasteiger partial charge in [-0.1, -0.05) is 31.2 Å². The van der Waals surface area contributed by atoms with E-state index in [1.807, 2.05) is 32.0 Å². The van der Waals surface area contributed by atoms with E-state index in [2.05, 4.69) is 6.58 Å². The zero-order chi connectivity index (χ0) is 12.0. The predicted molar refractivity (Wildman–Crippen MR) is 66.0 cm³/mol. The predicted octanol–water partition coefficient (Wildman–Crippen LogP) is 3.62. The Kier molecular flexibility index (Phi) is 4.77. The van der Waals surface area contributed by atoms with E-state index >= 15 is 0 Å². The van der Waals surface area contributed by atoms with Crippen molar-refractivity contribution in [2.75, 3.05) is 6.61 Å². The molecule has 0 amide bonds. The number of ether oxygens (including phenoxy) is 1. The van der Waals surface area contributed by atoms with E-state index < -0.39 is 0 Å². The van der Waals surface area contributed by atoms with Crippen molar-refractivity contribution in [1.29, 1.82) is 0 Å². The fourth-order valence-corrected chi connectivity index (χ4v) is 1.38. The van der Waals surface area contributed by atoms with E-state index in [9.17, 15) is 4.79 Å². The molecule has 0 atom stereocenters. The summed E-state index contributed by atoms with van der Waals surface area (Å²) in [6, 6.07) is 7.30. The maximum atomic E-state index is 11.9. The van der Waals surface area contributed by atoms with Gasteiger partial charge < -0.3 is 4.74 Å². The highest BCUT2D eigenvalue weighted by Crippen LogP contribution is 2.16. The van der Waals surface area contributed by atoms with E-state index in [0.717, 1.165) is 17.7 Å². The molecule has 0 spiro atoms. The van der Waals surface area contributed by atoms with Gasteiger partial charge in [0.05, 0.1) is 6.61 Å². The molecule has 0 fully saturated rings. The van der Waals surface area contributed by atoms with Crippen molar-refractivity contribution >= 4 is 5.78 Å². The molecule has 0 saturated carbocycles. The molecule has 0 aliphatic rings. The van der Waals surface area contributed by atoms with Gasteiger partial charge in [-0.2, -0.15) is 0 Å². The van der Waals surface area contributed by atoms with E-state index in [1.165, 1.54) is 0 Å². The van der Waals surface area contributed by atoms with Gasteiger partial charge in [-0.25, -0.2) is 0 Å². The van der Waals surface area contributed by atoms with Crippen LogP contribution in [0.2, 0.25) is 0 Å². The third-order valence-corrected chi connectivity index (χ3v) is 2.38. The summed E-state index contributed by atoms with van der Waals surface area (Å²) in [6.45, 7) is 8.39. The van der Waals surface area contributed by atoms with Crippen molar-refractivity contribution in [3.63, 3.8) is 0 Å². The van der Waals surface area contributed by atoms with Crippen molar-refractivity contribution in [3.8, 4) is 5.75 Å². The highest BCUT2D eigenvalue weighted by molar-refractivity contribution is 5.97. The van der Waals surface area contributed by atoms with Gasteiger partial charge in [0.1, 0.15) is 5.75 Å². The van der Waals surface area contributed by atoms with Gasteiger partial charge in [0.25, 0.3) is 0 Å². The maximum absolute atomic E-state index is 11.9. The van der Waals surface area contributed by atoms with Gasteiger partial charge >= 0.3 is 0 Å². The summed E-state index contributed by atoms with van der Waals surface area (Å²) in [5.74, 6) is 0.851. The molecule has 0 saturated heterocycles. The zero-order valence-electron chi connectivity index (χ0n) is 9.95. The lowest BCUT2D eigenvalue weighted by Crippen LogP contribution is -2.01. The fourth-order valence-electron chi connectivity index (χ4n) is 1.38. The number of rotatable bonds is 6. The molecule has 0 aliphatic heterocycles. The third kappa shape index (κ3) is 3.54. The topological polar surface area (TPSA) is 26.3 Å². The molecule has 1 rings (SSSR count). The van der Waals surface area contributed by atoms with Crippen molar-refractivity contribution in [2.24, 2.45) is 0 Å². The Hall–Kier alpha value is -1.57. The average molecular weight is 218 g/mol. The minimum atomic E-state index is 0.105. The molecule has 0 bridgehead atoms. The second-order valence-electron chi connectivity index (χ2n) is 3.66. The van der Waals surface area contributed by atoms with E-state index in [1.54, 1.807) is 6.07 Å². The van der Waals surface area contributed by atoms with Crippen LogP contribution in [0.4, 0.5) is 0 Å². The van der Waals surface area contributed by atoms with Crippen molar-refractivity contribution in [1.82, 2.24) is 0 Å². The van der Waals surface area contributed by atoms with E-state index in [4.69, 9.17) is 4.74 Å². The van der Waals surface area contributed by atoms with Crippen molar-refractivity contribution < 1.29 is 9.53 Å². The first-order valence-electron chi connectivity index (χ1n) is 5.60. The number of ketones is 1. The smallest absolute Gasteiger partial charge is 0.167 e. The SMILES string of the molecule is C=C(CC)CC(=O)c1cccc(OCC)c1. The van der Waals surface area contributed by atoms with Gasteiger partial charge in [-0.3, -0.25) is 4.79 Å². The summed E-state index contributed by atoms with van der Waals surface area (Å²) in [5, 5.41) is 0. The third-order valence-electron chi connectivity index (χ3n) is 2.38. The van der Waals surface area contributed by atoms with E-state index in [-0.39, 0.29) is 5.78 Å². The Balaban J connectivity index is 2.75. The summed E-state index contributed by atoms with van der Waals surface area (Å²) in [5.41, 5.74) is 1.66. The van der Waals surface area contributed by atoms with Crippen LogP contribution in [0.25, 0.3) is 0 Å². The highest BCUT2D eigenvalue weighted by Gasteiger charge is 2.07. The molecule has 2 heteroatoms. The minimum absolute atomic E-state index is 0.105. The second kappa shape index (κ2) is 6.11. The lowest BCUT2D eigenvalue weighted by Gasteiger charge is -2.06. The van der Waals surface area contributed by atoms with Gasteiger partial charge in [-0.05, 0) is 25.5 Å². The van der Waals surface area contributed by atoms with Crippen LogP contribution < -0.4 is 4.74 Å². The Morgan fingerprint density at radius 1 is 1.38 bits per heavy atom. The number of benzene rings is 1. The van der Waals surface area contributed by atoms with E-state index in [0.29, 0.717) is 18.6 Å². The molecule has 0 aromatic heterocycles. The molecule has 0 unspecified atom stereocenters. The molecule has 0 N–H and O–H groups in total. The van der Waals surface area contributed by atoms with Crippen molar-refractivity contribution in [2.45, 2.75) is 26.7 Å². The molecule has 0 radical (unpaired) electrons. The van der Waals surface area contributed by atoms with Gasteiger partial charge in [0.2, 0.25) is 0 Å². The number of allylic oxidation sites excluding steroid dienone is 1. The molecule has 86 valence electrons. The number of carbonyl (C=O) groups excluding carboxylic acids is 1. The zero-order valence-corrected chi connectivity index (χ0v) is 9.95. The number of hydrogen-bond acceptors (Lipinski definition) is 2.